The Kier molecular flexibility index (Phi) is 5.16. The zero-order valence-electron chi connectivity index (χ0n) is 14.7. The predicted molar refractivity (Wildman–Crippen MR) is 96.1 cm³/mol. The molecule has 0 bridgehead atoms. The lowest BCUT2D eigenvalue weighted by Gasteiger charge is -2.24. The molecule has 0 unspecified atom stereocenters. The number of nitrogens with zero attached hydrogens (tertiary/aromatic N) is 3. The van der Waals surface area contributed by atoms with Crippen molar-refractivity contribution in [2.75, 3.05) is 11.9 Å². The molecule has 25 heavy (non-hydrogen) atoms. The number of hydrogen-bond acceptors (Lipinski definition) is 3. The van der Waals surface area contributed by atoms with Crippen molar-refractivity contribution in [3.63, 3.8) is 0 Å². The third-order valence-electron chi connectivity index (χ3n) is 4.56. The topological polar surface area (TPSA) is 67.2 Å². The molecule has 0 spiro atoms. The highest BCUT2D eigenvalue weighted by Crippen LogP contribution is 2.20. The molecule has 0 aliphatic carbocycles. The minimum absolute atomic E-state index is 0.0123. The van der Waals surface area contributed by atoms with E-state index in [1.165, 1.54) is 0 Å². The molecule has 0 saturated carbocycles. The van der Waals surface area contributed by atoms with Gasteiger partial charge in [0.05, 0.1) is 5.69 Å². The summed E-state index contributed by atoms with van der Waals surface area (Å²) in [6, 6.07) is 11.0. The first kappa shape index (κ1) is 17.2. The second kappa shape index (κ2) is 7.51. The summed E-state index contributed by atoms with van der Waals surface area (Å²) < 4.78 is 1.85. The SMILES string of the molecule is Cc1cc(C)n(CCC(=O)N2CCC[C@H]2C(=O)Nc2ccccc2)n1. The minimum Gasteiger partial charge on any atom is -0.331 e. The summed E-state index contributed by atoms with van der Waals surface area (Å²) in [5, 5.41) is 7.29. The predicted octanol–water partition coefficient (Wildman–Crippen LogP) is 2.52. The van der Waals surface area contributed by atoms with Crippen LogP contribution in [0.1, 0.15) is 30.7 Å². The largest absolute Gasteiger partial charge is 0.331 e. The van der Waals surface area contributed by atoms with E-state index in [0.29, 0.717) is 25.9 Å². The van der Waals surface area contributed by atoms with Crippen LogP contribution in [0.5, 0.6) is 0 Å². The Bertz CT molecular complexity index is 754. The molecular formula is C19H24N4O2. The van der Waals surface area contributed by atoms with Crippen LogP contribution in [-0.2, 0) is 16.1 Å². The van der Waals surface area contributed by atoms with Gasteiger partial charge in [0.1, 0.15) is 6.04 Å². The zero-order valence-corrected chi connectivity index (χ0v) is 14.7. The second-order valence-corrected chi connectivity index (χ2v) is 6.50. The van der Waals surface area contributed by atoms with Gasteiger partial charge in [0.2, 0.25) is 11.8 Å². The molecule has 1 aromatic carbocycles. The Morgan fingerprint density at radius 1 is 1.24 bits per heavy atom. The molecule has 0 radical (unpaired) electrons. The van der Waals surface area contributed by atoms with Gasteiger partial charge in [0.25, 0.3) is 0 Å². The number of amides is 2. The average Bonchev–Trinajstić information content (AvgIpc) is 3.20. The number of carbonyl (C=O) groups excluding carboxylic acids is 2. The molecule has 132 valence electrons. The molecule has 1 aliphatic rings. The van der Waals surface area contributed by atoms with E-state index < -0.39 is 0 Å². The van der Waals surface area contributed by atoms with Crippen molar-refractivity contribution in [1.29, 1.82) is 0 Å². The van der Waals surface area contributed by atoms with Crippen LogP contribution in [0, 0.1) is 13.8 Å². The van der Waals surface area contributed by atoms with Gasteiger partial charge < -0.3 is 10.2 Å². The summed E-state index contributed by atoms with van der Waals surface area (Å²) in [4.78, 5) is 26.9. The maximum absolute atomic E-state index is 12.6. The lowest BCUT2D eigenvalue weighted by Crippen LogP contribution is -2.43. The van der Waals surface area contributed by atoms with Crippen molar-refractivity contribution in [1.82, 2.24) is 14.7 Å². The standard InChI is InChI=1S/C19H24N4O2/c1-14-13-15(2)23(21-14)12-10-18(24)22-11-6-9-17(22)19(25)20-16-7-4-3-5-8-16/h3-5,7-8,13,17H,6,9-12H2,1-2H3,(H,20,25)/t17-/m0/s1. The number of aromatic nitrogens is 2. The molecule has 1 N–H and O–H groups in total. The van der Waals surface area contributed by atoms with Gasteiger partial charge in [-0.15, -0.1) is 0 Å². The lowest BCUT2D eigenvalue weighted by molar-refractivity contribution is -0.136. The van der Waals surface area contributed by atoms with Crippen LogP contribution in [0.25, 0.3) is 0 Å². The minimum atomic E-state index is -0.381. The van der Waals surface area contributed by atoms with E-state index >= 15 is 0 Å². The van der Waals surface area contributed by atoms with Gasteiger partial charge in [-0.05, 0) is 44.9 Å². The van der Waals surface area contributed by atoms with E-state index in [4.69, 9.17) is 0 Å². The molecule has 6 heteroatoms. The van der Waals surface area contributed by atoms with E-state index in [0.717, 1.165) is 23.5 Å². The molecule has 1 saturated heterocycles. The molecule has 6 nitrogen and oxygen atoms in total. The van der Waals surface area contributed by atoms with Crippen LogP contribution < -0.4 is 5.32 Å². The van der Waals surface area contributed by atoms with Crippen LogP contribution in [-0.4, -0.2) is 39.1 Å². The van der Waals surface area contributed by atoms with E-state index in [9.17, 15) is 9.59 Å². The highest BCUT2D eigenvalue weighted by atomic mass is 16.2. The molecular weight excluding hydrogens is 316 g/mol. The molecule has 1 atom stereocenters. The molecule has 2 heterocycles. The van der Waals surface area contributed by atoms with Gasteiger partial charge in [0.15, 0.2) is 0 Å². The highest BCUT2D eigenvalue weighted by Gasteiger charge is 2.33. The number of benzene rings is 1. The summed E-state index contributed by atoms with van der Waals surface area (Å²) in [6.45, 7) is 5.11. The van der Waals surface area contributed by atoms with E-state index in [1.54, 1.807) is 4.90 Å². The van der Waals surface area contributed by atoms with Crippen molar-refractivity contribution >= 4 is 17.5 Å². The molecule has 2 amide bonds. The number of likely N-dealkylation sites (tertiary alicyclic amines) is 1. The first-order valence-electron chi connectivity index (χ1n) is 8.71. The first-order valence-corrected chi connectivity index (χ1v) is 8.71. The number of anilines is 1. The highest BCUT2D eigenvalue weighted by molar-refractivity contribution is 5.97. The summed E-state index contributed by atoms with van der Waals surface area (Å²) in [5.41, 5.74) is 2.76. The van der Waals surface area contributed by atoms with Crippen molar-refractivity contribution < 1.29 is 9.59 Å². The molecule has 3 rings (SSSR count). The fourth-order valence-corrected chi connectivity index (χ4v) is 3.33. The summed E-state index contributed by atoms with van der Waals surface area (Å²) in [7, 11) is 0. The van der Waals surface area contributed by atoms with Crippen LogP contribution in [0.3, 0.4) is 0 Å². The monoisotopic (exact) mass is 340 g/mol. The van der Waals surface area contributed by atoms with Crippen LogP contribution in [0.15, 0.2) is 36.4 Å². The van der Waals surface area contributed by atoms with E-state index in [2.05, 4.69) is 10.4 Å². The van der Waals surface area contributed by atoms with Crippen LogP contribution >= 0.6 is 0 Å². The fourth-order valence-electron chi connectivity index (χ4n) is 3.33. The Hall–Kier alpha value is -2.63. The fraction of sp³-hybridized carbons (Fsp3) is 0.421. The summed E-state index contributed by atoms with van der Waals surface area (Å²) >= 11 is 0. The maximum Gasteiger partial charge on any atom is 0.247 e. The van der Waals surface area contributed by atoms with Crippen molar-refractivity contribution in [3.05, 3.63) is 47.8 Å². The number of hydrogen-bond donors (Lipinski definition) is 1. The maximum atomic E-state index is 12.6. The third kappa shape index (κ3) is 4.07. The summed E-state index contributed by atoms with van der Waals surface area (Å²) in [5.74, 6) is -0.0959. The van der Waals surface area contributed by atoms with E-state index in [-0.39, 0.29) is 17.9 Å². The molecule has 1 aliphatic heterocycles. The number of para-hydroxylation sites is 1. The van der Waals surface area contributed by atoms with Gasteiger partial charge in [0, 0.05) is 30.9 Å². The third-order valence-corrected chi connectivity index (χ3v) is 4.56. The summed E-state index contributed by atoms with van der Waals surface area (Å²) in [6.07, 6.45) is 1.93. The molecule has 1 aromatic heterocycles. The quantitative estimate of drug-likeness (QED) is 0.909. The van der Waals surface area contributed by atoms with E-state index in [1.807, 2.05) is 54.9 Å². The number of carbonyl (C=O) groups is 2. The zero-order chi connectivity index (χ0) is 17.8. The van der Waals surface area contributed by atoms with Crippen molar-refractivity contribution in [3.8, 4) is 0 Å². The number of rotatable bonds is 5. The Labute approximate surface area is 147 Å². The van der Waals surface area contributed by atoms with Crippen molar-refractivity contribution in [2.45, 2.75) is 45.7 Å². The van der Waals surface area contributed by atoms with Crippen molar-refractivity contribution in [2.24, 2.45) is 0 Å². The second-order valence-electron chi connectivity index (χ2n) is 6.50. The normalized spacial score (nSPS) is 16.9. The smallest absolute Gasteiger partial charge is 0.247 e. The van der Waals surface area contributed by atoms with Crippen LogP contribution in [0.2, 0.25) is 0 Å². The number of nitrogens with one attached hydrogen (secondary N) is 1. The first-order chi connectivity index (χ1) is 12.0. The van der Waals surface area contributed by atoms with Crippen LogP contribution in [0.4, 0.5) is 5.69 Å². The molecule has 2 aromatic rings. The van der Waals surface area contributed by atoms with Gasteiger partial charge >= 0.3 is 0 Å². The Morgan fingerprint density at radius 2 is 2.00 bits per heavy atom. The van der Waals surface area contributed by atoms with Gasteiger partial charge in [-0.3, -0.25) is 14.3 Å². The number of aryl methyl sites for hydroxylation is 3. The Morgan fingerprint density at radius 3 is 2.68 bits per heavy atom. The molecule has 1 fully saturated rings. The van der Waals surface area contributed by atoms with Gasteiger partial charge in [-0.1, -0.05) is 18.2 Å². The average molecular weight is 340 g/mol. The van der Waals surface area contributed by atoms with Gasteiger partial charge in [-0.2, -0.15) is 5.10 Å². The van der Waals surface area contributed by atoms with Gasteiger partial charge in [-0.25, -0.2) is 0 Å². The lowest BCUT2D eigenvalue weighted by atomic mass is 10.2. The Balaban J connectivity index is 1.59.